The van der Waals surface area contributed by atoms with Gasteiger partial charge in [-0.25, -0.2) is 4.98 Å². The van der Waals surface area contributed by atoms with Gasteiger partial charge in [-0.3, -0.25) is 0 Å². The smallest absolute Gasteiger partial charge is 0.159 e. The van der Waals surface area contributed by atoms with E-state index < -0.39 is 6.02 Å². The van der Waals surface area contributed by atoms with Crippen LogP contribution in [0.5, 0.6) is 0 Å². The minimum atomic E-state index is -0.776. The zero-order valence-electron chi connectivity index (χ0n) is 17.0. The van der Waals surface area contributed by atoms with Gasteiger partial charge in [-0.1, -0.05) is 30.3 Å². The lowest BCUT2D eigenvalue weighted by Crippen LogP contribution is -2.42. The second kappa shape index (κ2) is 5.74. The van der Waals surface area contributed by atoms with Gasteiger partial charge in [0.25, 0.3) is 0 Å². The molecule has 0 aliphatic carbocycles. The Morgan fingerprint density at radius 3 is 2.70 bits per heavy atom. The first-order valence-corrected chi connectivity index (χ1v) is 9.32. The Balaban J connectivity index is 1.82. The van der Waals surface area contributed by atoms with E-state index in [4.69, 9.17) is 10.8 Å². The van der Waals surface area contributed by atoms with Crippen molar-refractivity contribution in [2.45, 2.75) is 39.9 Å². The number of furan rings is 1. The van der Waals surface area contributed by atoms with Gasteiger partial charge in [0, 0.05) is 23.0 Å². The van der Waals surface area contributed by atoms with E-state index in [1.54, 1.807) is 0 Å². The van der Waals surface area contributed by atoms with Gasteiger partial charge in [0.1, 0.15) is 11.7 Å². The lowest BCUT2D eigenvalue weighted by Gasteiger charge is -2.33. The van der Waals surface area contributed by atoms with Crippen LogP contribution in [0, 0.1) is 6.92 Å². The highest BCUT2D eigenvalue weighted by atomic mass is 16.3. The Morgan fingerprint density at radius 1 is 1.07 bits per heavy atom. The van der Waals surface area contributed by atoms with Gasteiger partial charge in [0.2, 0.25) is 0 Å². The molecule has 2 aromatic carbocycles. The highest BCUT2D eigenvalue weighted by molar-refractivity contribution is 6.10. The molecule has 4 nitrogen and oxygen atoms in total. The van der Waals surface area contributed by atoms with Gasteiger partial charge < -0.3 is 14.2 Å². The van der Waals surface area contributed by atoms with Crippen LogP contribution in [-0.2, 0) is 0 Å². The molecule has 1 atom stereocenters. The third kappa shape index (κ3) is 2.19. The molecule has 0 radical (unpaired) electrons. The molecule has 4 aromatic rings. The number of nitrogens with zero attached hydrogens (tertiary/aromatic N) is 3. The summed E-state index contributed by atoms with van der Waals surface area (Å²) in [7, 11) is 0. The Morgan fingerprint density at radius 2 is 1.89 bits per heavy atom. The summed E-state index contributed by atoms with van der Waals surface area (Å²) in [6.45, 7) is 8.06. The van der Waals surface area contributed by atoms with Crippen LogP contribution in [-0.4, -0.2) is 17.2 Å². The molecule has 0 bridgehead atoms. The number of rotatable bonds is 2. The lowest BCUT2D eigenvalue weighted by atomic mass is 10.1. The van der Waals surface area contributed by atoms with Crippen LogP contribution < -0.4 is 9.80 Å². The van der Waals surface area contributed by atoms with Crippen molar-refractivity contribution in [2.24, 2.45) is 0 Å². The minimum Gasteiger partial charge on any atom is -0.454 e. The number of aromatic nitrogens is 1. The maximum atomic E-state index is 8.70. The van der Waals surface area contributed by atoms with E-state index in [1.807, 2.05) is 50.4 Å². The van der Waals surface area contributed by atoms with Gasteiger partial charge >= 0.3 is 0 Å². The molecule has 1 aliphatic rings. The Bertz CT molecular complexity index is 1210. The third-order valence-corrected chi connectivity index (χ3v) is 5.45. The predicted octanol–water partition coefficient (Wildman–Crippen LogP) is 6.00. The number of benzene rings is 2. The molecule has 136 valence electrons. The standard InChI is InChI=1S/C23H23N3O/c1-14(2)25-16(4)26(23-19(25)9-7-13-24-23)21-15(3)11-12-18-17-8-5-6-10-20(17)27-22(18)21/h5-14,16H,1-4H3/i14D. The van der Waals surface area contributed by atoms with Gasteiger partial charge in [-0.15, -0.1) is 0 Å². The van der Waals surface area contributed by atoms with Crippen molar-refractivity contribution in [3.8, 4) is 0 Å². The fourth-order valence-electron chi connectivity index (χ4n) is 4.34. The zero-order valence-corrected chi connectivity index (χ0v) is 16.0. The summed E-state index contributed by atoms with van der Waals surface area (Å²) < 4.78 is 15.0. The summed E-state index contributed by atoms with van der Waals surface area (Å²) in [5, 5.41) is 2.22. The Kier molecular flexibility index (Phi) is 3.21. The van der Waals surface area contributed by atoms with E-state index in [-0.39, 0.29) is 6.17 Å². The van der Waals surface area contributed by atoms with Gasteiger partial charge in [-0.05, 0) is 51.5 Å². The molecule has 1 unspecified atom stereocenters. The Hall–Kier alpha value is -3.01. The number of hydrogen-bond acceptors (Lipinski definition) is 4. The van der Waals surface area contributed by atoms with E-state index in [2.05, 4.69) is 41.8 Å². The number of anilines is 3. The SMILES string of the molecule is [2H]C(C)(C)N1c2cccnc2N(c2c(C)ccc3c2oc2ccccc23)C1C. The third-order valence-electron chi connectivity index (χ3n) is 5.45. The number of pyridine rings is 1. The van der Waals surface area contributed by atoms with Crippen molar-refractivity contribution < 1.29 is 5.79 Å². The molecule has 4 heteroatoms. The van der Waals surface area contributed by atoms with E-state index in [9.17, 15) is 0 Å². The number of para-hydroxylation sites is 1. The first-order chi connectivity index (χ1) is 13.4. The molecular formula is C23H23N3O. The van der Waals surface area contributed by atoms with Crippen molar-refractivity contribution in [3.05, 3.63) is 60.3 Å². The van der Waals surface area contributed by atoms with Gasteiger partial charge in [-0.2, -0.15) is 0 Å². The lowest BCUT2D eigenvalue weighted by molar-refractivity contribution is 0.602. The predicted molar refractivity (Wildman–Crippen MR) is 112 cm³/mol. The fraction of sp³-hybridized carbons (Fsp3) is 0.261. The van der Waals surface area contributed by atoms with Crippen LogP contribution in [0.25, 0.3) is 21.9 Å². The average Bonchev–Trinajstić information content (AvgIpc) is 3.16. The summed E-state index contributed by atoms with van der Waals surface area (Å²) in [6, 6.07) is 15.6. The molecular weight excluding hydrogens is 334 g/mol. The number of aryl methyl sites for hydroxylation is 1. The summed E-state index contributed by atoms with van der Waals surface area (Å²) in [5.74, 6) is 0.867. The normalized spacial score (nSPS) is 17.6. The van der Waals surface area contributed by atoms with E-state index in [0.717, 1.165) is 44.7 Å². The van der Waals surface area contributed by atoms with Crippen LogP contribution in [0.2, 0.25) is 0 Å². The highest BCUT2D eigenvalue weighted by Crippen LogP contribution is 2.47. The fourth-order valence-corrected chi connectivity index (χ4v) is 4.34. The van der Waals surface area contributed by atoms with Crippen molar-refractivity contribution in [3.63, 3.8) is 0 Å². The molecule has 0 saturated heterocycles. The summed E-state index contributed by atoms with van der Waals surface area (Å²) in [6.07, 6.45) is 1.75. The molecule has 0 amide bonds. The van der Waals surface area contributed by atoms with Crippen molar-refractivity contribution in [2.75, 3.05) is 9.80 Å². The largest absolute Gasteiger partial charge is 0.454 e. The molecule has 0 N–H and O–H groups in total. The molecule has 0 saturated carbocycles. The summed E-state index contributed by atoms with van der Waals surface area (Å²) in [5.41, 5.74) is 4.87. The molecule has 3 heterocycles. The van der Waals surface area contributed by atoms with E-state index in [1.165, 1.54) is 0 Å². The highest BCUT2D eigenvalue weighted by Gasteiger charge is 2.38. The molecule has 0 fully saturated rings. The number of fused-ring (bicyclic) bond motifs is 4. The first kappa shape index (κ1) is 15.1. The first-order valence-electron chi connectivity index (χ1n) is 9.82. The maximum Gasteiger partial charge on any atom is 0.159 e. The molecule has 0 spiro atoms. The van der Waals surface area contributed by atoms with E-state index >= 15 is 0 Å². The quantitative estimate of drug-likeness (QED) is 0.440. The second-order valence-corrected chi connectivity index (χ2v) is 7.37. The number of hydrogen-bond donors (Lipinski definition) is 0. The summed E-state index contributed by atoms with van der Waals surface area (Å²) in [4.78, 5) is 9.01. The van der Waals surface area contributed by atoms with Crippen molar-refractivity contribution in [1.82, 2.24) is 4.98 Å². The van der Waals surface area contributed by atoms with Crippen molar-refractivity contribution >= 4 is 39.1 Å². The monoisotopic (exact) mass is 358 g/mol. The Labute approximate surface area is 160 Å². The topological polar surface area (TPSA) is 32.5 Å². The average molecular weight is 358 g/mol. The second-order valence-electron chi connectivity index (χ2n) is 7.37. The van der Waals surface area contributed by atoms with Crippen LogP contribution in [0.1, 0.15) is 27.7 Å². The van der Waals surface area contributed by atoms with Crippen LogP contribution in [0.15, 0.2) is 59.1 Å². The maximum absolute atomic E-state index is 8.70. The minimum absolute atomic E-state index is 0.0603. The van der Waals surface area contributed by atoms with Crippen LogP contribution in [0.4, 0.5) is 17.2 Å². The summed E-state index contributed by atoms with van der Waals surface area (Å²) >= 11 is 0. The molecule has 5 rings (SSSR count). The van der Waals surface area contributed by atoms with E-state index in [0.29, 0.717) is 0 Å². The zero-order chi connectivity index (χ0) is 19.6. The molecule has 2 aromatic heterocycles. The van der Waals surface area contributed by atoms with Crippen LogP contribution in [0.3, 0.4) is 0 Å². The van der Waals surface area contributed by atoms with Gasteiger partial charge in [0.05, 0.1) is 12.7 Å². The van der Waals surface area contributed by atoms with Crippen LogP contribution >= 0.6 is 0 Å². The molecule has 1 aliphatic heterocycles. The van der Waals surface area contributed by atoms with Gasteiger partial charge in [0.15, 0.2) is 11.4 Å². The molecule has 27 heavy (non-hydrogen) atoms. The van der Waals surface area contributed by atoms with Crippen molar-refractivity contribution in [1.29, 1.82) is 0 Å².